The van der Waals surface area contributed by atoms with Crippen molar-refractivity contribution in [1.82, 2.24) is 19.6 Å². The largest absolute Gasteiger partial charge is 0.381 e. The van der Waals surface area contributed by atoms with Crippen LogP contribution in [0.1, 0.15) is 38.1 Å². The van der Waals surface area contributed by atoms with Gasteiger partial charge in [-0.2, -0.15) is 10.2 Å². The first-order chi connectivity index (χ1) is 15.8. The number of carbonyl (C=O) groups excluding carboxylic acids is 1. The van der Waals surface area contributed by atoms with Crippen molar-refractivity contribution in [2.24, 2.45) is 13.0 Å². The van der Waals surface area contributed by atoms with Crippen molar-refractivity contribution in [3.8, 4) is 0 Å². The van der Waals surface area contributed by atoms with Crippen molar-refractivity contribution in [2.75, 3.05) is 18.5 Å². The molecular formula is C22H26ClN5O4S. The molecule has 1 aliphatic carbocycles. The standard InChI is InChI=1S/C22H26ClN5O4S/c1-27-7-4-21(26-27)24-22(29)19(10-14-5-8-32-9-6-14)28-13-17-18(25-28)11-15(23)12-20(17)33(30,31)16-2-3-16/h4,7,11-14,16,19H,2-3,5-6,8-10H2,1H3,(H,24,26,29). The van der Waals surface area contributed by atoms with Crippen LogP contribution in [0.4, 0.5) is 5.82 Å². The number of hydrogen-bond donors (Lipinski definition) is 1. The number of rotatable bonds is 7. The van der Waals surface area contributed by atoms with Gasteiger partial charge in [-0.25, -0.2) is 8.42 Å². The Labute approximate surface area is 197 Å². The van der Waals surface area contributed by atoms with Crippen LogP contribution >= 0.6 is 11.6 Å². The Balaban J connectivity index is 1.53. The summed E-state index contributed by atoms with van der Waals surface area (Å²) in [5.74, 6) is 0.505. The first kappa shape index (κ1) is 22.4. The molecule has 1 N–H and O–H groups in total. The molecular weight excluding hydrogens is 466 g/mol. The maximum absolute atomic E-state index is 13.3. The van der Waals surface area contributed by atoms with Crippen molar-refractivity contribution < 1.29 is 17.9 Å². The number of sulfone groups is 1. The second-order valence-electron chi connectivity index (χ2n) is 8.86. The van der Waals surface area contributed by atoms with Crippen molar-refractivity contribution >= 4 is 44.1 Å². The zero-order valence-corrected chi connectivity index (χ0v) is 19.8. The highest BCUT2D eigenvalue weighted by molar-refractivity contribution is 7.92. The molecule has 1 aliphatic heterocycles. The minimum atomic E-state index is -3.49. The molecule has 1 saturated heterocycles. The summed E-state index contributed by atoms with van der Waals surface area (Å²) in [6.07, 6.45) is 7.02. The summed E-state index contributed by atoms with van der Waals surface area (Å²) < 4.78 is 34.7. The number of benzene rings is 1. The summed E-state index contributed by atoms with van der Waals surface area (Å²) in [5.41, 5.74) is 0.462. The molecule has 2 fully saturated rings. The lowest BCUT2D eigenvalue weighted by Crippen LogP contribution is -2.30. The molecule has 3 aromatic rings. The molecule has 33 heavy (non-hydrogen) atoms. The van der Waals surface area contributed by atoms with E-state index in [2.05, 4.69) is 15.5 Å². The van der Waals surface area contributed by atoms with Crippen LogP contribution in [0.2, 0.25) is 5.02 Å². The third-order valence-electron chi connectivity index (χ3n) is 6.32. The second-order valence-corrected chi connectivity index (χ2v) is 11.5. The summed E-state index contributed by atoms with van der Waals surface area (Å²) in [5, 5.41) is 12.2. The Morgan fingerprint density at radius 1 is 1.24 bits per heavy atom. The van der Waals surface area contributed by atoms with Crippen LogP contribution in [0.3, 0.4) is 0 Å². The molecule has 0 spiro atoms. The van der Waals surface area contributed by atoms with Crippen LogP contribution in [0.5, 0.6) is 0 Å². The Hall–Kier alpha value is -2.43. The van der Waals surface area contributed by atoms with Gasteiger partial charge in [0.15, 0.2) is 15.7 Å². The van der Waals surface area contributed by atoms with Gasteiger partial charge in [0.25, 0.3) is 0 Å². The predicted molar refractivity (Wildman–Crippen MR) is 124 cm³/mol. The molecule has 0 bridgehead atoms. The van der Waals surface area contributed by atoms with E-state index in [0.717, 1.165) is 12.8 Å². The number of aromatic nitrogens is 4. The highest BCUT2D eigenvalue weighted by atomic mass is 35.5. The number of amides is 1. The maximum Gasteiger partial charge on any atom is 0.250 e. The maximum atomic E-state index is 13.3. The van der Waals surface area contributed by atoms with Crippen molar-refractivity contribution in [3.63, 3.8) is 0 Å². The zero-order chi connectivity index (χ0) is 23.2. The Morgan fingerprint density at radius 3 is 2.67 bits per heavy atom. The van der Waals surface area contributed by atoms with E-state index >= 15 is 0 Å². The average Bonchev–Trinajstić information content (AvgIpc) is 3.46. The molecule has 176 valence electrons. The van der Waals surface area contributed by atoms with Gasteiger partial charge in [-0.1, -0.05) is 11.6 Å². The number of carbonyl (C=O) groups is 1. The van der Waals surface area contributed by atoms with Crippen molar-refractivity contribution in [1.29, 1.82) is 0 Å². The molecule has 9 nitrogen and oxygen atoms in total. The smallest absolute Gasteiger partial charge is 0.250 e. The number of nitrogens with one attached hydrogen (secondary N) is 1. The van der Waals surface area contributed by atoms with Crippen molar-refractivity contribution in [3.05, 3.63) is 35.6 Å². The Kier molecular flexibility index (Phi) is 5.92. The molecule has 1 amide bonds. The minimum absolute atomic E-state index is 0.189. The van der Waals surface area contributed by atoms with Crippen LogP contribution in [0.25, 0.3) is 10.9 Å². The first-order valence-corrected chi connectivity index (χ1v) is 13.0. The van der Waals surface area contributed by atoms with E-state index in [1.165, 1.54) is 6.07 Å². The lowest BCUT2D eigenvalue weighted by molar-refractivity contribution is -0.120. The van der Waals surface area contributed by atoms with Gasteiger partial charge in [-0.05, 0) is 50.2 Å². The third-order valence-corrected chi connectivity index (χ3v) is 8.84. The number of aryl methyl sites for hydroxylation is 1. The number of nitrogens with zero attached hydrogens (tertiary/aromatic N) is 4. The molecule has 1 unspecified atom stereocenters. The molecule has 2 aromatic heterocycles. The molecule has 5 rings (SSSR count). The molecule has 1 atom stereocenters. The number of anilines is 1. The SMILES string of the molecule is Cn1ccc(NC(=O)C(CC2CCOCC2)n2cc3c(S(=O)(=O)C4CC4)cc(Cl)cc3n2)n1. The van der Waals surface area contributed by atoms with Crippen molar-refractivity contribution in [2.45, 2.75) is 48.3 Å². The van der Waals surface area contributed by atoms with Gasteiger partial charge < -0.3 is 10.1 Å². The van der Waals surface area contributed by atoms with E-state index in [4.69, 9.17) is 16.3 Å². The number of ether oxygens (including phenoxy) is 1. The van der Waals surface area contributed by atoms with Gasteiger partial charge in [0.1, 0.15) is 6.04 Å². The second kappa shape index (κ2) is 8.73. The molecule has 2 aliphatic rings. The first-order valence-electron chi connectivity index (χ1n) is 11.1. The van der Waals surface area contributed by atoms with E-state index in [9.17, 15) is 13.2 Å². The third kappa shape index (κ3) is 4.64. The molecule has 11 heteroatoms. The highest BCUT2D eigenvalue weighted by Gasteiger charge is 2.38. The fourth-order valence-corrected chi connectivity index (χ4v) is 6.50. The quantitative estimate of drug-likeness (QED) is 0.543. The number of hydrogen-bond acceptors (Lipinski definition) is 6. The summed E-state index contributed by atoms with van der Waals surface area (Å²) in [7, 11) is -1.71. The Bertz CT molecular complexity index is 1290. The molecule has 1 saturated carbocycles. The number of halogens is 1. The summed E-state index contributed by atoms with van der Waals surface area (Å²) in [6.45, 7) is 1.33. The summed E-state index contributed by atoms with van der Waals surface area (Å²) in [6, 6.07) is 4.23. The van der Waals surface area contributed by atoms with Gasteiger partial charge in [0.05, 0.1) is 15.7 Å². The van der Waals surface area contributed by atoms with Crippen LogP contribution < -0.4 is 5.32 Å². The van der Waals surface area contributed by atoms with Gasteiger partial charge in [-0.3, -0.25) is 14.2 Å². The van der Waals surface area contributed by atoms with Gasteiger partial charge in [0, 0.05) is 49.1 Å². The minimum Gasteiger partial charge on any atom is -0.381 e. The monoisotopic (exact) mass is 491 g/mol. The topological polar surface area (TPSA) is 108 Å². The van der Waals surface area contributed by atoms with E-state index in [1.54, 1.807) is 40.9 Å². The van der Waals surface area contributed by atoms with E-state index in [0.29, 0.717) is 60.1 Å². The van der Waals surface area contributed by atoms with Crippen LogP contribution in [0, 0.1) is 5.92 Å². The van der Waals surface area contributed by atoms with E-state index in [1.807, 2.05) is 0 Å². The Morgan fingerprint density at radius 2 is 2.00 bits per heavy atom. The summed E-state index contributed by atoms with van der Waals surface area (Å²) >= 11 is 6.25. The van der Waals surface area contributed by atoms with E-state index in [-0.39, 0.29) is 16.1 Å². The van der Waals surface area contributed by atoms with Gasteiger partial charge >= 0.3 is 0 Å². The van der Waals surface area contributed by atoms with Crippen LogP contribution in [-0.4, -0.2) is 52.3 Å². The van der Waals surface area contributed by atoms with Gasteiger partial charge in [0.2, 0.25) is 5.91 Å². The fourth-order valence-electron chi connectivity index (χ4n) is 4.35. The number of fused-ring (bicyclic) bond motifs is 1. The highest BCUT2D eigenvalue weighted by Crippen LogP contribution is 2.38. The molecule has 3 heterocycles. The average molecular weight is 492 g/mol. The fraction of sp³-hybridized carbons (Fsp3) is 0.500. The van der Waals surface area contributed by atoms with Gasteiger partial charge in [-0.15, -0.1) is 0 Å². The molecule has 0 radical (unpaired) electrons. The summed E-state index contributed by atoms with van der Waals surface area (Å²) in [4.78, 5) is 13.5. The predicted octanol–water partition coefficient (Wildman–Crippen LogP) is 3.36. The normalized spacial score (nSPS) is 18.5. The zero-order valence-electron chi connectivity index (χ0n) is 18.3. The molecule has 1 aromatic carbocycles. The lowest BCUT2D eigenvalue weighted by Gasteiger charge is -2.26. The van der Waals surface area contributed by atoms with E-state index < -0.39 is 15.9 Å². The van der Waals surface area contributed by atoms with Crippen LogP contribution in [-0.2, 0) is 26.4 Å². The lowest BCUT2D eigenvalue weighted by atomic mass is 9.92. The van der Waals surface area contributed by atoms with Crippen LogP contribution in [0.15, 0.2) is 35.5 Å².